The number of nitrogens with zero attached hydrogens (tertiary/aromatic N) is 2. The van der Waals surface area contributed by atoms with Crippen LogP contribution in [0.15, 0.2) is 18.5 Å². The Morgan fingerprint density at radius 3 is 2.53 bits per heavy atom. The second-order valence-corrected chi connectivity index (χ2v) is 2.89. The Labute approximate surface area is 128 Å². The molecule has 15 heavy (non-hydrogen) atoms. The minimum Gasteiger partial charge on any atom is -0.449 e. The van der Waals surface area contributed by atoms with E-state index in [4.69, 9.17) is 5.26 Å². The summed E-state index contributed by atoms with van der Waals surface area (Å²) in [6, 6.07) is 3.27. The summed E-state index contributed by atoms with van der Waals surface area (Å²) in [5.74, 6) is 0. The van der Waals surface area contributed by atoms with Gasteiger partial charge in [0.15, 0.2) is 0 Å². The van der Waals surface area contributed by atoms with E-state index in [9.17, 15) is 12.9 Å². The summed E-state index contributed by atoms with van der Waals surface area (Å²) in [5.41, 5.74) is 0.503. The predicted octanol–water partition coefficient (Wildman–Crippen LogP) is -0.919. The zero-order valence-electron chi connectivity index (χ0n) is 8.25. The second kappa shape index (κ2) is 6.66. The molecule has 1 aromatic rings. The monoisotopic (exact) mass is 238 g/mol. The van der Waals surface area contributed by atoms with Crippen molar-refractivity contribution in [2.45, 2.75) is 12.7 Å². The molecule has 2 nitrogen and oxygen atoms in total. The Hall–Kier alpha value is 0.131. The largest absolute Gasteiger partial charge is 1.00 e. The molecule has 1 heterocycles. The molecule has 0 aliphatic heterocycles. The summed E-state index contributed by atoms with van der Waals surface area (Å²) in [5, 5.41) is 8.40. The van der Waals surface area contributed by atoms with Crippen LogP contribution in [0.4, 0.5) is 12.9 Å². The Balaban J connectivity index is 0.00000196. The number of pyridine rings is 1. The predicted molar refractivity (Wildman–Crippen MR) is 46.3 cm³/mol. The van der Waals surface area contributed by atoms with Crippen LogP contribution in [0.25, 0.3) is 0 Å². The molecule has 0 saturated carbocycles. The van der Waals surface area contributed by atoms with Crippen molar-refractivity contribution in [3.05, 3.63) is 29.6 Å². The van der Waals surface area contributed by atoms with Gasteiger partial charge in [0.1, 0.15) is 0 Å². The van der Waals surface area contributed by atoms with E-state index in [1.165, 1.54) is 18.5 Å². The average Bonchev–Trinajstić information content (AvgIpc) is 2.06. The molecule has 0 bridgehead atoms. The van der Waals surface area contributed by atoms with Crippen molar-refractivity contribution in [2.75, 3.05) is 0 Å². The van der Waals surface area contributed by atoms with E-state index >= 15 is 0 Å². The molecule has 0 spiro atoms. The van der Waals surface area contributed by atoms with Gasteiger partial charge in [-0.1, -0.05) is 11.9 Å². The first-order valence-corrected chi connectivity index (χ1v) is 4.02. The van der Waals surface area contributed by atoms with Crippen LogP contribution in [0.2, 0.25) is 0 Å². The molecular formula is C8H7BF3KN2. The van der Waals surface area contributed by atoms with Crippen LogP contribution in [-0.4, -0.2) is 12.0 Å². The van der Waals surface area contributed by atoms with E-state index in [2.05, 4.69) is 4.98 Å². The van der Waals surface area contributed by atoms with Crippen LogP contribution in [-0.2, 0) is 12.7 Å². The second-order valence-electron chi connectivity index (χ2n) is 2.89. The number of rotatable bonds is 3. The normalized spacial score (nSPS) is 10.3. The number of hydrogen-bond acceptors (Lipinski definition) is 2. The SMILES string of the molecule is N#CCc1ccncc1C[B-](F)(F)F.[K+]. The van der Waals surface area contributed by atoms with E-state index in [1.54, 1.807) is 0 Å². The van der Waals surface area contributed by atoms with E-state index in [0.29, 0.717) is 5.56 Å². The fourth-order valence-electron chi connectivity index (χ4n) is 1.15. The first-order chi connectivity index (χ1) is 6.53. The molecule has 7 heteroatoms. The van der Waals surface area contributed by atoms with Gasteiger partial charge in [-0.2, -0.15) is 5.26 Å². The molecule has 1 rings (SSSR count). The maximum atomic E-state index is 12.1. The molecule has 0 aliphatic carbocycles. The first kappa shape index (κ1) is 15.1. The third kappa shape index (κ3) is 5.68. The summed E-state index contributed by atoms with van der Waals surface area (Å²) in [7, 11) is 0. The average molecular weight is 238 g/mol. The molecule has 0 unspecified atom stereocenters. The molecule has 0 saturated heterocycles. The van der Waals surface area contributed by atoms with Gasteiger partial charge in [0.25, 0.3) is 0 Å². The molecule has 0 fully saturated rings. The van der Waals surface area contributed by atoms with Crippen molar-refractivity contribution in [1.29, 1.82) is 5.26 Å². The Bertz CT molecular complexity index is 362. The van der Waals surface area contributed by atoms with E-state index in [0.717, 1.165) is 0 Å². The third-order valence-corrected chi connectivity index (χ3v) is 1.73. The van der Waals surface area contributed by atoms with E-state index < -0.39 is 13.3 Å². The van der Waals surface area contributed by atoms with Crippen LogP contribution in [0, 0.1) is 11.3 Å². The zero-order chi connectivity index (χ0) is 10.6. The molecule has 0 aliphatic rings. The van der Waals surface area contributed by atoms with Crippen molar-refractivity contribution in [3.8, 4) is 6.07 Å². The van der Waals surface area contributed by atoms with Crippen molar-refractivity contribution in [2.24, 2.45) is 0 Å². The molecule has 0 radical (unpaired) electrons. The molecule has 0 aromatic carbocycles. The Morgan fingerprint density at radius 2 is 2.00 bits per heavy atom. The van der Waals surface area contributed by atoms with Gasteiger partial charge in [0.05, 0.1) is 12.5 Å². The molecule has 1 aromatic heterocycles. The fraction of sp³-hybridized carbons (Fsp3) is 0.250. The summed E-state index contributed by atoms with van der Waals surface area (Å²) in [6.45, 7) is -4.86. The van der Waals surface area contributed by atoms with Gasteiger partial charge in [-0.05, 0) is 11.6 Å². The van der Waals surface area contributed by atoms with Gasteiger partial charge < -0.3 is 12.9 Å². The minimum atomic E-state index is -4.86. The summed E-state index contributed by atoms with van der Waals surface area (Å²) in [6.07, 6.45) is 1.58. The maximum Gasteiger partial charge on any atom is 1.00 e. The van der Waals surface area contributed by atoms with Crippen molar-refractivity contribution in [1.82, 2.24) is 4.98 Å². The van der Waals surface area contributed by atoms with E-state index in [-0.39, 0.29) is 63.4 Å². The van der Waals surface area contributed by atoms with Crippen LogP contribution in [0.1, 0.15) is 11.1 Å². The van der Waals surface area contributed by atoms with Gasteiger partial charge in [0, 0.05) is 12.4 Å². The van der Waals surface area contributed by atoms with Crippen LogP contribution < -0.4 is 51.4 Å². The van der Waals surface area contributed by atoms with Gasteiger partial charge in [-0.3, -0.25) is 4.98 Å². The fourth-order valence-corrected chi connectivity index (χ4v) is 1.15. The van der Waals surface area contributed by atoms with Crippen LogP contribution in [0.3, 0.4) is 0 Å². The molecule has 74 valence electrons. The Morgan fingerprint density at radius 1 is 1.33 bits per heavy atom. The van der Waals surface area contributed by atoms with E-state index in [1.807, 2.05) is 6.07 Å². The molecule has 0 N–H and O–H groups in total. The number of aromatic nitrogens is 1. The van der Waals surface area contributed by atoms with Crippen LogP contribution >= 0.6 is 0 Å². The number of hydrogen-bond donors (Lipinski definition) is 0. The summed E-state index contributed by atoms with van der Waals surface area (Å²) < 4.78 is 36.3. The van der Waals surface area contributed by atoms with Crippen LogP contribution in [0.5, 0.6) is 0 Å². The van der Waals surface area contributed by atoms with Crippen molar-refractivity contribution >= 4 is 6.98 Å². The quantitative estimate of drug-likeness (QED) is 0.638. The number of nitriles is 1. The minimum absolute atomic E-state index is 0. The summed E-state index contributed by atoms with van der Waals surface area (Å²) in [4.78, 5) is 3.61. The molecule has 0 amide bonds. The van der Waals surface area contributed by atoms with Crippen molar-refractivity contribution < 1.29 is 64.3 Å². The smallest absolute Gasteiger partial charge is 0.449 e. The molecule has 0 atom stereocenters. The van der Waals surface area contributed by atoms with Crippen molar-refractivity contribution in [3.63, 3.8) is 0 Å². The zero-order valence-corrected chi connectivity index (χ0v) is 11.4. The Kier molecular flexibility index (Phi) is 6.72. The maximum absolute atomic E-state index is 12.1. The van der Waals surface area contributed by atoms with Gasteiger partial charge in [-0.25, -0.2) is 0 Å². The van der Waals surface area contributed by atoms with Gasteiger partial charge >= 0.3 is 58.4 Å². The summed E-state index contributed by atoms with van der Waals surface area (Å²) >= 11 is 0. The number of halogens is 3. The van der Waals surface area contributed by atoms with Gasteiger partial charge in [-0.15, -0.1) is 0 Å². The first-order valence-electron chi connectivity index (χ1n) is 4.02. The van der Waals surface area contributed by atoms with Gasteiger partial charge in [0.2, 0.25) is 0 Å². The third-order valence-electron chi connectivity index (χ3n) is 1.73. The standard InChI is InChI=1S/C8H7BF3N2.K/c10-9(11,12)5-8-6-14-4-2-7(8)1-3-13;/h2,4,6H,1,5H2;/q-1;+1. The molecular weight excluding hydrogens is 231 g/mol. The topological polar surface area (TPSA) is 36.7 Å².